The zero-order valence-electron chi connectivity index (χ0n) is 10.3. The second kappa shape index (κ2) is 5.47. The summed E-state index contributed by atoms with van der Waals surface area (Å²) in [6.07, 6.45) is 1.73. The van der Waals surface area contributed by atoms with Crippen LogP contribution in [0.4, 0.5) is 5.13 Å². The van der Waals surface area contributed by atoms with Gasteiger partial charge in [0.15, 0.2) is 10.8 Å². The van der Waals surface area contributed by atoms with Crippen molar-refractivity contribution in [3.63, 3.8) is 0 Å². The summed E-state index contributed by atoms with van der Waals surface area (Å²) in [5, 5.41) is 9.30. The molecule has 0 bridgehead atoms. The molecule has 0 fully saturated rings. The lowest BCUT2D eigenvalue weighted by Gasteiger charge is -1.97. The van der Waals surface area contributed by atoms with Crippen LogP contribution in [-0.4, -0.2) is 20.7 Å². The molecule has 0 aliphatic rings. The van der Waals surface area contributed by atoms with Gasteiger partial charge in [0.1, 0.15) is 0 Å². The summed E-state index contributed by atoms with van der Waals surface area (Å²) < 4.78 is 2.64. The second-order valence-electron chi connectivity index (χ2n) is 3.97. The van der Waals surface area contributed by atoms with E-state index in [1.165, 1.54) is 11.3 Å². The van der Waals surface area contributed by atoms with E-state index in [1.807, 2.05) is 17.5 Å². The molecule has 5 nitrogen and oxygen atoms in total. The monoisotopic (exact) mass is 368 g/mol. The summed E-state index contributed by atoms with van der Waals surface area (Å²) in [5.41, 5.74) is 1.24. The van der Waals surface area contributed by atoms with Crippen LogP contribution < -0.4 is 5.32 Å². The summed E-state index contributed by atoms with van der Waals surface area (Å²) in [4.78, 5) is 17.4. The average Bonchev–Trinajstić information content (AvgIpc) is 3.10. The third-order valence-electron chi connectivity index (χ3n) is 2.50. The summed E-state index contributed by atoms with van der Waals surface area (Å²) >= 11 is 6.43. The van der Waals surface area contributed by atoms with Gasteiger partial charge in [0, 0.05) is 18.6 Å². The molecule has 3 heterocycles. The fraction of sp³-hybridized carbons (Fsp3) is 0.0833. The first-order chi connectivity index (χ1) is 9.61. The van der Waals surface area contributed by atoms with Crippen molar-refractivity contribution in [1.29, 1.82) is 0 Å². The van der Waals surface area contributed by atoms with Crippen LogP contribution in [0.1, 0.15) is 10.5 Å². The number of aryl methyl sites for hydroxylation is 1. The number of nitrogens with zero attached hydrogens (tertiary/aromatic N) is 3. The molecule has 3 aromatic rings. The quantitative estimate of drug-likeness (QED) is 0.767. The van der Waals surface area contributed by atoms with Gasteiger partial charge in [0.2, 0.25) is 0 Å². The largest absolute Gasteiger partial charge is 0.296 e. The molecular weight excluding hydrogens is 360 g/mol. The van der Waals surface area contributed by atoms with E-state index in [1.54, 1.807) is 35.3 Å². The maximum absolute atomic E-state index is 12.0. The van der Waals surface area contributed by atoms with Crippen molar-refractivity contribution in [2.24, 2.45) is 7.05 Å². The molecule has 1 N–H and O–H groups in total. The van der Waals surface area contributed by atoms with Crippen LogP contribution in [0.25, 0.3) is 10.6 Å². The minimum atomic E-state index is -0.251. The van der Waals surface area contributed by atoms with Crippen LogP contribution in [0, 0.1) is 0 Å². The molecule has 0 unspecified atom stereocenters. The van der Waals surface area contributed by atoms with E-state index in [4.69, 9.17) is 0 Å². The molecule has 0 aliphatic heterocycles. The molecule has 0 spiro atoms. The lowest BCUT2D eigenvalue weighted by Crippen LogP contribution is -2.12. The molecular formula is C12H9BrN4OS2. The topological polar surface area (TPSA) is 59.8 Å². The maximum Gasteiger partial charge on any atom is 0.277 e. The Kier molecular flexibility index (Phi) is 3.68. The molecule has 3 rings (SSSR count). The Morgan fingerprint density at radius 2 is 2.25 bits per heavy atom. The highest BCUT2D eigenvalue weighted by Crippen LogP contribution is 2.33. The van der Waals surface area contributed by atoms with Gasteiger partial charge in [0.05, 0.1) is 14.4 Å². The molecule has 0 saturated carbocycles. The van der Waals surface area contributed by atoms with Gasteiger partial charge < -0.3 is 0 Å². The third-order valence-corrected chi connectivity index (χ3v) is 4.90. The number of hydrogen-bond acceptors (Lipinski definition) is 5. The number of carbonyl (C=O) groups is 1. The van der Waals surface area contributed by atoms with Crippen LogP contribution in [0.5, 0.6) is 0 Å². The highest BCUT2D eigenvalue weighted by Gasteiger charge is 2.12. The molecule has 0 radical (unpaired) electrons. The molecule has 0 aliphatic carbocycles. The minimum Gasteiger partial charge on any atom is -0.296 e. The normalized spacial score (nSPS) is 10.7. The number of halogens is 1. The van der Waals surface area contributed by atoms with Crippen molar-refractivity contribution in [3.05, 3.63) is 39.3 Å². The van der Waals surface area contributed by atoms with Crippen LogP contribution >= 0.6 is 38.6 Å². The Morgan fingerprint density at radius 3 is 2.90 bits per heavy atom. The summed E-state index contributed by atoms with van der Waals surface area (Å²) in [5.74, 6) is -0.251. The van der Waals surface area contributed by atoms with Crippen molar-refractivity contribution < 1.29 is 4.79 Å². The number of thiazole rings is 1. The number of hydrogen-bond donors (Lipinski definition) is 1. The molecule has 0 saturated heterocycles. The molecule has 1 amide bonds. The molecule has 0 aromatic carbocycles. The summed E-state index contributed by atoms with van der Waals surface area (Å²) in [7, 11) is 1.77. The fourth-order valence-electron chi connectivity index (χ4n) is 1.59. The van der Waals surface area contributed by atoms with E-state index >= 15 is 0 Å². The van der Waals surface area contributed by atoms with Gasteiger partial charge in [-0.2, -0.15) is 5.10 Å². The number of rotatable bonds is 3. The molecule has 8 heteroatoms. The van der Waals surface area contributed by atoms with Gasteiger partial charge in [-0.25, -0.2) is 4.98 Å². The van der Waals surface area contributed by atoms with E-state index in [-0.39, 0.29) is 5.91 Å². The van der Waals surface area contributed by atoms with Crippen molar-refractivity contribution in [2.45, 2.75) is 0 Å². The predicted molar refractivity (Wildman–Crippen MR) is 84.3 cm³/mol. The first kappa shape index (κ1) is 13.5. The minimum absolute atomic E-state index is 0.251. The molecule has 3 aromatic heterocycles. The highest BCUT2D eigenvalue weighted by atomic mass is 79.9. The average molecular weight is 369 g/mol. The van der Waals surface area contributed by atoms with Crippen molar-refractivity contribution in [1.82, 2.24) is 14.8 Å². The number of carbonyl (C=O) groups excluding carboxylic acids is 1. The van der Waals surface area contributed by atoms with Gasteiger partial charge in [0.25, 0.3) is 5.91 Å². The zero-order chi connectivity index (χ0) is 14.1. The lowest BCUT2D eigenvalue weighted by atomic mass is 10.4. The van der Waals surface area contributed by atoms with Crippen LogP contribution in [0.15, 0.2) is 33.6 Å². The first-order valence-electron chi connectivity index (χ1n) is 5.64. The van der Waals surface area contributed by atoms with Crippen LogP contribution in [0.2, 0.25) is 0 Å². The van der Waals surface area contributed by atoms with Gasteiger partial charge >= 0.3 is 0 Å². The number of anilines is 1. The second-order valence-corrected chi connectivity index (χ2v) is 7.29. The summed E-state index contributed by atoms with van der Waals surface area (Å²) in [6.45, 7) is 0. The van der Waals surface area contributed by atoms with Gasteiger partial charge in [-0.3, -0.25) is 14.8 Å². The zero-order valence-corrected chi connectivity index (χ0v) is 13.6. The van der Waals surface area contributed by atoms with E-state index in [9.17, 15) is 4.79 Å². The Bertz CT molecular complexity index is 761. The van der Waals surface area contributed by atoms with E-state index in [2.05, 4.69) is 31.3 Å². The smallest absolute Gasteiger partial charge is 0.277 e. The Balaban J connectivity index is 1.76. The van der Waals surface area contributed by atoms with Gasteiger partial charge in [-0.1, -0.05) is 0 Å². The van der Waals surface area contributed by atoms with Gasteiger partial charge in [-0.05, 0) is 34.1 Å². The first-order valence-corrected chi connectivity index (χ1v) is 8.13. The van der Waals surface area contributed by atoms with Crippen molar-refractivity contribution in [2.75, 3.05) is 5.32 Å². The number of thiophene rings is 1. The maximum atomic E-state index is 12.0. The highest BCUT2D eigenvalue weighted by molar-refractivity contribution is 9.11. The Hall–Kier alpha value is -1.51. The van der Waals surface area contributed by atoms with E-state index in [0.29, 0.717) is 10.8 Å². The van der Waals surface area contributed by atoms with E-state index in [0.717, 1.165) is 14.4 Å². The molecule has 102 valence electrons. The van der Waals surface area contributed by atoms with Crippen molar-refractivity contribution in [3.8, 4) is 10.6 Å². The third kappa shape index (κ3) is 2.82. The Morgan fingerprint density at radius 1 is 1.40 bits per heavy atom. The number of nitrogens with one attached hydrogen (secondary N) is 1. The number of aromatic nitrogens is 3. The fourth-order valence-corrected chi connectivity index (χ4v) is 3.72. The van der Waals surface area contributed by atoms with Crippen molar-refractivity contribution >= 4 is 49.6 Å². The van der Waals surface area contributed by atoms with Crippen LogP contribution in [-0.2, 0) is 7.05 Å². The lowest BCUT2D eigenvalue weighted by molar-refractivity contribution is 0.102. The predicted octanol–water partition coefficient (Wildman–Crippen LogP) is 3.62. The SMILES string of the molecule is Cn1ccc(C(=O)Nc2nc(-c3ccc(Br)s3)cs2)n1. The summed E-state index contributed by atoms with van der Waals surface area (Å²) in [6, 6.07) is 5.64. The van der Waals surface area contributed by atoms with Crippen LogP contribution in [0.3, 0.4) is 0 Å². The van der Waals surface area contributed by atoms with E-state index < -0.39 is 0 Å². The van der Waals surface area contributed by atoms with Gasteiger partial charge in [-0.15, -0.1) is 22.7 Å². The molecule has 20 heavy (non-hydrogen) atoms. The molecule has 0 atom stereocenters. The number of amides is 1. The Labute approximate surface area is 131 Å². The standard InChI is InChI=1S/C12H9BrN4OS2/c1-17-5-4-7(16-17)11(18)15-12-14-8(6-19-12)9-2-3-10(13)20-9/h2-6H,1H3,(H,14,15,18).